The topological polar surface area (TPSA) is 87.1 Å². The van der Waals surface area contributed by atoms with Gasteiger partial charge in [-0.1, -0.05) is 13.8 Å². The van der Waals surface area contributed by atoms with Crippen molar-refractivity contribution in [1.29, 1.82) is 5.26 Å². The third-order valence-electron chi connectivity index (χ3n) is 2.96. The summed E-state index contributed by atoms with van der Waals surface area (Å²) >= 11 is 0. The third kappa shape index (κ3) is 2.46. The maximum Gasteiger partial charge on any atom is 0.311 e. The molecule has 4 nitrogen and oxygen atoms in total. The Bertz CT molecular complexity index is 229. The number of hydrogen-bond donors (Lipinski definition) is 2. The van der Waals surface area contributed by atoms with Crippen molar-refractivity contribution in [1.82, 2.24) is 0 Å². The molecule has 0 aliphatic rings. The fourth-order valence-electron chi connectivity index (χ4n) is 1.73. The minimum atomic E-state index is -0.864. The second kappa shape index (κ2) is 5.61. The predicted octanol–water partition coefficient (Wildman–Crippen LogP) is 1.51. The molecule has 0 aromatic carbocycles. The summed E-state index contributed by atoms with van der Waals surface area (Å²) in [5.74, 6) is -0.854. The van der Waals surface area contributed by atoms with Crippen LogP contribution in [0.25, 0.3) is 0 Å². The predicted molar refractivity (Wildman–Crippen MR) is 53.5 cm³/mol. The molecule has 4 heteroatoms. The lowest BCUT2D eigenvalue weighted by Gasteiger charge is -2.32. The van der Waals surface area contributed by atoms with Gasteiger partial charge in [-0.25, -0.2) is 0 Å². The number of nitrogens with two attached hydrogens (primary N) is 1. The zero-order chi connectivity index (χ0) is 11.2. The van der Waals surface area contributed by atoms with Crippen LogP contribution in [0.5, 0.6) is 0 Å². The van der Waals surface area contributed by atoms with Crippen LogP contribution in [0.1, 0.15) is 39.5 Å². The molecule has 0 spiro atoms. The summed E-state index contributed by atoms with van der Waals surface area (Å²) in [5, 5.41) is 17.5. The maximum atomic E-state index is 11.1. The lowest BCUT2D eigenvalue weighted by atomic mass is 9.74. The minimum Gasteiger partial charge on any atom is -0.481 e. The summed E-state index contributed by atoms with van der Waals surface area (Å²) in [7, 11) is 0. The quantitative estimate of drug-likeness (QED) is 0.677. The van der Waals surface area contributed by atoms with Crippen LogP contribution in [0.2, 0.25) is 0 Å². The van der Waals surface area contributed by atoms with Crippen LogP contribution in [0.3, 0.4) is 0 Å². The van der Waals surface area contributed by atoms with Gasteiger partial charge in [-0.2, -0.15) is 5.26 Å². The SMILES string of the molecule is CCC(CC)(C(=O)O)C(N)CCC#N. The summed E-state index contributed by atoms with van der Waals surface area (Å²) in [4.78, 5) is 11.1. The first-order valence-electron chi connectivity index (χ1n) is 4.91. The summed E-state index contributed by atoms with van der Waals surface area (Å²) in [6, 6.07) is 1.55. The number of rotatable bonds is 6. The second-order valence-electron chi connectivity index (χ2n) is 3.47. The van der Waals surface area contributed by atoms with E-state index in [2.05, 4.69) is 0 Å². The van der Waals surface area contributed by atoms with E-state index in [1.54, 1.807) is 0 Å². The molecular weight excluding hydrogens is 180 g/mol. The molecule has 1 unspecified atom stereocenters. The summed E-state index contributed by atoms with van der Waals surface area (Å²) < 4.78 is 0. The largest absolute Gasteiger partial charge is 0.481 e. The van der Waals surface area contributed by atoms with Crippen molar-refractivity contribution in [2.75, 3.05) is 0 Å². The molecule has 0 aliphatic heterocycles. The number of nitrogens with zero attached hydrogens (tertiary/aromatic N) is 1. The van der Waals surface area contributed by atoms with Crippen molar-refractivity contribution in [2.45, 2.75) is 45.6 Å². The first-order chi connectivity index (χ1) is 6.55. The number of carboxylic acids is 1. The summed E-state index contributed by atoms with van der Waals surface area (Å²) in [6.45, 7) is 3.65. The highest BCUT2D eigenvalue weighted by Crippen LogP contribution is 2.31. The Morgan fingerprint density at radius 2 is 2.07 bits per heavy atom. The van der Waals surface area contributed by atoms with Crippen LogP contribution < -0.4 is 5.73 Å². The highest BCUT2D eigenvalue weighted by molar-refractivity contribution is 5.75. The van der Waals surface area contributed by atoms with E-state index in [9.17, 15) is 4.79 Å². The van der Waals surface area contributed by atoms with E-state index in [0.717, 1.165) is 0 Å². The molecule has 0 heterocycles. The fourth-order valence-corrected chi connectivity index (χ4v) is 1.73. The van der Waals surface area contributed by atoms with Crippen LogP contribution in [-0.4, -0.2) is 17.1 Å². The van der Waals surface area contributed by atoms with Gasteiger partial charge in [0.1, 0.15) is 0 Å². The van der Waals surface area contributed by atoms with E-state index in [1.165, 1.54) is 0 Å². The molecule has 0 aromatic rings. The highest BCUT2D eigenvalue weighted by atomic mass is 16.4. The van der Waals surface area contributed by atoms with Gasteiger partial charge in [0, 0.05) is 12.5 Å². The Morgan fingerprint density at radius 1 is 1.57 bits per heavy atom. The van der Waals surface area contributed by atoms with Gasteiger partial charge in [0.05, 0.1) is 11.5 Å². The minimum absolute atomic E-state index is 0.316. The maximum absolute atomic E-state index is 11.1. The summed E-state index contributed by atoms with van der Waals surface area (Å²) in [6.07, 6.45) is 1.78. The number of nitriles is 1. The van der Waals surface area contributed by atoms with Crippen LogP contribution in [0.4, 0.5) is 0 Å². The molecule has 0 amide bonds. The van der Waals surface area contributed by atoms with Gasteiger partial charge >= 0.3 is 5.97 Å². The molecule has 0 rings (SSSR count). The van der Waals surface area contributed by atoms with Gasteiger partial charge in [0.25, 0.3) is 0 Å². The Hall–Kier alpha value is -1.08. The molecule has 80 valence electrons. The van der Waals surface area contributed by atoms with Crippen LogP contribution in [0, 0.1) is 16.7 Å². The monoisotopic (exact) mass is 198 g/mol. The van der Waals surface area contributed by atoms with Gasteiger partial charge in [0.15, 0.2) is 0 Å². The first kappa shape index (κ1) is 12.9. The number of hydrogen-bond acceptors (Lipinski definition) is 3. The van der Waals surface area contributed by atoms with Gasteiger partial charge in [-0.15, -0.1) is 0 Å². The molecule has 14 heavy (non-hydrogen) atoms. The summed E-state index contributed by atoms with van der Waals surface area (Å²) in [5.41, 5.74) is 4.96. The zero-order valence-electron chi connectivity index (χ0n) is 8.79. The van der Waals surface area contributed by atoms with E-state index < -0.39 is 17.4 Å². The first-order valence-corrected chi connectivity index (χ1v) is 4.91. The highest BCUT2D eigenvalue weighted by Gasteiger charge is 2.40. The number of carbonyl (C=O) groups is 1. The Labute approximate surface area is 84.7 Å². The molecule has 0 saturated carbocycles. The number of carboxylic acid groups (broad SMARTS) is 1. The van der Waals surface area contributed by atoms with Crippen LogP contribution in [0.15, 0.2) is 0 Å². The van der Waals surface area contributed by atoms with E-state index in [-0.39, 0.29) is 0 Å². The smallest absolute Gasteiger partial charge is 0.311 e. The van der Waals surface area contributed by atoms with Gasteiger partial charge < -0.3 is 10.8 Å². The molecule has 0 aliphatic carbocycles. The Morgan fingerprint density at radius 3 is 2.36 bits per heavy atom. The normalized spacial score (nSPS) is 13.3. The molecule has 0 saturated heterocycles. The molecule has 3 N–H and O–H groups in total. The van der Waals surface area contributed by atoms with Crippen LogP contribution >= 0.6 is 0 Å². The molecular formula is C10H18N2O2. The fraction of sp³-hybridized carbons (Fsp3) is 0.800. The van der Waals surface area contributed by atoms with Crippen LogP contribution in [-0.2, 0) is 4.79 Å². The van der Waals surface area contributed by atoms with Gasteiger partial charge in [-0.05, 0) is 19.3 Å². The van der Waals surface area contributed by atoms with Gasteiger partial charge in [-0.3, -0.25) is 4.79 Å². The van der Waals surface area contributed by atoms with E-state index in [4.69, 9.17) is 16.1 Å². The van der Waals surface area contributed by atoms with E-state index in [1.807, 2.05) is 19.9 Å². The Kier molecular flexibility index (Phi) is 5.18. The molecule has 0 bridgehead atoms. The molecule has 0 radical (unpaired) electrons. The molecule has 0 fully saturated rings. The average molecular weight is 198 g/mol. The average Bonchev–Trinajstić information content (AvgIpc) is 2.17. The van der Waals surface area contributed by atoms with Crippen molar-refractivity contribution in [3.05, 3.63) is 0 Å². The molecule has 0 aromatic heterocycles. The lowest BCUT2D eigenvalue weighted by molar-refractivity contribution is -0.151. The van der Waals surface area contributed by atoms with Gasteiger partial charge in [0.2, 0.25) is 0 Å². The van der Waals surface area contributed by atoms with Crippen molar-refractivity contribution in [3.63, 3.8) is 0 Å². The molecule has 1 atom stereocenters. The number of aliphatic carboxylic acids is 1. The standard InChI is InChI=1S/C10H18N2O2/c1-3-10(4-2,9(13)14)8(12)6-5-7-11/h8H,3-6,12H2,1-2H3,(H,13,14). The zero-order valence-corrected chi connectivity index (χ0v) is 8.79. The van der Waals surface area contributed by atoms with Crippen molar-refractivity contribution in [3.8, 4) is 6.07 Å². The third-order valence-corrected chi connectivity index (χ3v) is 2.96. The van der Waals surface area contributed by atoms with E-state index >= 15 is 0 Å². The lowest BCUT2D eigenvalue weighted by Crippen LogP contribution is -2.46. The van der Waals surface area contributed by atoms with Crippen molar-refractivity contribution in [2.24, 2.45) is 11.1 Å². The Balaban J connectivity index is 4.64. The van der Waals surface area contributed by atoms with E-state index in [0.29, 0.717) is 25.7 Å². The van der Waals surface area contributed by atoms with Crippen molar-refractivity contribution < 1.29 is 9.90 Å². The van der Waals surface area contributed by atoms with Crippen molar-refractivity contribution >= 4 is 5.97 Å². The second-order valence-corrected chi connectivity index (χ2v) is 3.47.